The number of amides is 1. The lowest BCUT2D eigenvalue weighted by atomic mass is 10.1. The molecule has 26 heavy (non-hydrogen) atoms. The molecule has 0 saturated carbocycles. The number of hydrogen-bond acceptors (Lipinski definition) is 6. The minimum atomic E-state index is -0.199. The maximum atomic E-state index is 12.4. The van der Waals surface area contributed by atoms with Gasteiger partial charge < -0.3 is 5.32 Å². The Labute approximate surface area is 155 Å². The average Bonchev–Trinajstić information content (AvgIpc) is 3.19. The maximum absolute atomic E-state index is 12.4. The van der Waals surface area contributed by atoms with Crippen molar-refractivity contribution in [2.45, 2.75) is 13.3 Å². The van der Waals surface area contributed by atoms with E-state index < -0.39 is 0 Å². The number of aromatic nitrogens is 2. The Balaban J connectivity index is 2.01. The monoisotopic (exact) mass is 363 g/mol. The van der Waals surface area contributed by atoms with E-state index in [-0.39, 0.29) is 12.3 Å². The fourth-order valence-electron chi connectivity index (χ4n) is 2.50. The van der Waals surface area contributed by atoms with Crippen LogP contribution in [-0.2, 0) is 0 Å². The standard InChI is InChI=1S/C19H17N5OS/c1-14-3-4-15(18(25)22-8-2-7-20)13-17(14)24(19-23-11-12-26-19)16-5-9-21-10-6-16/h3-6,9-13H,2,8H2,1H3,(H,22,25). The number of carbonyl (C=O) groups excluding carboxylic acids is 1. The van der Waals surface area contributed by atoms with Crippen molar-refractivity contribution in [1.29, 1.82) is 5.26 Å². The Morgan fingerprint density at radius 1 is 1.27 bits per heavy atom. The van der Waals surface area contributed by atoms with Crippen LogP contribution in [0.4, 0.5) is 16.5 Å². The second kappa shape index (κ2) is 8.23. The zero-order valence-corrected chi connectivity index (χ0v) is 15.0. The molecule has 6 nitrogen and oxygen atoms in total. The number of aryl methyl sites for hydroxylation is 1. The minimum Gasteiger partial charge on any atom is -0.351 e. The molecule has 0 fully saturated rings. The first-order valence-corrected chi connectivity index (χ1v) is 8.94. The van der Waals surface area contributed by atoms with Gasteiger partial charge in [-0.05, 0) is 36.8 Å². The Morgan fingerprint density at radius 2 is 2.08 bits per heavy atom. The predicted octanol–water partition coefficient (Wildman–Crippen LogP) is 3.96. The molecule has 1 N–H and O–H groups in total. The van der Waals surface area contributed by atoms with E-state index in [9.17, 15) is 4.79 Å². The molecule has 0 aliphatic rings. The van der Waals surface area contributed by atoms with Crippen LogP contribution in [0.25, 0.3) is 0 Å². The molecule has 2 aromatic heterocycles. The molecule has 0 bridgehead atoms. The first-order valence-electron chi connectivity index (χ1n) is 8.06. The lowest BCUT2D eigenvalue weighted by Crippen LogP contribution is -2.24. The van der Waals surface area contributed by atoms with Gasteiger partial charge in [-0.3, -0.25) is 14.7 Å². The van der Waals surface area contributed by atoms with E-state index in [1.54, 1.807) is 24.7 Å². The van der Waals surface area contributed by atoms with Crippen LogP contribution in [0, 0.1) is 18.3 Å². The molecule has 0 unspecified atom stereocenters. The summed E-state index contributed by atoms with van der Waals surface area (Å²) in [6.07, 6.45) is 5.49. The average molecular weight is 363 g/mol. The van der Waals surface area contributed by atoms with Crippen LogP contribution >= 0.6 is 11.3 Å². The molecule has 1 aromatic carbocycles. The number of carbonyl (C=O) groups is 1. The highest BCUT2D eigenvalue weighted by atomic mass is 32.1. The molecule has 0 radical (unpaired) electrons. The summed E-state index contributed by atoms with van der Waals surface area (Å²) < 4.78 is 0. The van der Waals surface area contributed by atoms with Crippen LogP contribution in [-0.4, -0.2) is 22.4 Å². The molecule has 2 heterocycles. The Kier molecular flexibility index (Phi) is 5.56. The number of anilines is 3. The number of benzene rings is 1. The molecule has 1 amide bonds. The smallest absolute Gasteiger partial charge is 0.251 e. The van der Waals surface area contributed by atoms with E-state index in [2.05, 4.69) is 15.3 Å². The Hall–Kier alpha value is -3.24. The normalized spacial score (nSPS) is 10.2. The second-order valence-corrected chi connectivity index (χ2v) is 6.39. The summed E-state index contributed by atoms with van der Waals surface area (Å²) in [5, 5.41) is 14.1. The van der Waals surface area contributed by atoms with Gasteiger partial charge >= 0.3 is 0 Å². The minimum absolute atomic E-state index is 0.199. The number of nitrogens with zero attached hydrogens (tertiary/aromatic N) is 4. The predicted molar refractivity (Wildman–Crippen MR) is 102 cm³/mol. The van der Waals surface area contributed by atoms with Gasteiger partial charge in [-0.1, -0.05) is 6.07 Å². The Bertz CT molecular complexity index is 919. The number of hydrogen-bond donors (Lipinski definition) is 1. The summed E-state index contributed by atoms with van der Waals surface area (Å²) in [6, 6.07) is 11.4. The van der Waals surface area contributed by atoms with Crippen LogP contribution in [0.2, 0.25) is 0 Å². The second-order valence-electron chi connectivity index (χ2n) is 5.52. The van der Waals surface area contributed by atoms with Crippen LogP contribution in [0.1, 0.15) is 22.3 Å². The van der Waals surface area contributed by atoms with E-state index in [1.165, 1.54) is 11.3 Å². The van der Waals surface area contributed by atoms with Gasteiger partial charge in [0.1, 0.15) is 0 Å². The quantitative estimate of drug-likeness (QED) is 0.670. The van der Waals surface area contributed by atoms with Crippen molar-refractivity contribution < 1.29 is 4.79 Å². The zero-order chi connectivity index (χ0) is 18.4. The van der Waals surface area contributed by atoms with Gasteiger partial charge in [0.05, 0.1) is 23.9 Å². The third kappa shape index (κ3) is 3.87. The van der Waals surface area contributed by atoms with E-state index in [4.69, 9.17) is 5.26 Å². The lowest BCUT2D eigenvalue weighted by Gasteiger charge is -2.24. The number of thiazole rings is 1. The van der Waals surface area contributed by atoms with Crippen molar-refractivity contribution in [3.8, 4) is 6.07 Å². The van der Waals surface area contributed by atoms with Crippen LogP contribution in [0.3, 0.4) is 0 Å². The SMILES string of the molecule is Cc1ccc(C(=O)NCCC#N)cc1N(c1ccncc1)c1nccs1. The first-order chi connectivity index (χ1) is 12.7. The van der Waals surface area contributed by atoms with Gasteiger partial charge in [0.25, 0.3) is 5.91 Å². The summed E-state index contributed by atoms with van der Waals surface area (Å²) in [5.74, 6) is -0.199. The Morgan fingerprint density at radius 3 is 2.77 bits per heavy atom. The molecular formula is C19H17N5OS. The van der Waals surface area contributed by atoms with E-state index in [0.29, 0.717) is 12.1 Å². The topological polar surface area (TPSA) is 81.9 Å². The van der Waals surface area contributed by atoms with Crippen molar-refractivity contribution in [3.05, 3.63) is 65.4 Å². The molecule has 0 saturated heterocycles. The highest BCUT2D eigenvalue weighted by molar-refractivity contribution is 7.13. The summed E-state index contributed by atoms with van der Waals surface area (Å²) in [6.45, 7) is 2.33. The molecule has 0 atom stereocenters. The van der Waals surface area contributed by atoms with Crippen molar-refractivity contribution >= 4 is 33.8 Å². The highest BCUT2D eigenvalue weighted by Crippen LogP contribution is 2.37. The molecule has 0 spiro atoms. The number of nitriles is 1. The lowest BCUT2D eigenvalue weighted by molar-refractivity contribution is 0.0954. The fraction of sp³-hybridized carbons (Fsp3) is 0.158. The summed E-state index contributed by atoms with van der Waals surface area (Å²) in [5.41, 5.74) is 3.35. The largest absolute Gasteiger partial charge is 0.351 e. The maximum Gasteiger partial charge on any atom is 0.251 e. The van der Waals surface area contributed by atoms with Gasteiger partial charge in [-0.15, -0.1) is 11.3 Å². The summed E-state index contributed by atoms with van der Waals surface area (Å²) >= 11 is 1.52. The number of pyridine rings is 1. The molecule has 0 aliphatic carbocycles. The van der Waals surface area contributed by atoms with Crippen LogP contribution < -0.4 is 10.2 Å². The molecule has 3 aromatic rings. The molecule has 130 valence electrons. The van der Waals surface area contributed by atoms with Crippen molar-refractivity contribution in [3.63, 3.8) is 0 Å². The zero-order valence-electron chi connectivity index (χ0n) is 14.2. The van der Waals surface area contributed by atoms with E-state index in [1.807, 2.05) is 47.5 Å². The van der Waals surface area contributed by atoms with Crippen LogP contribution in [0.5, 0.6) is 0 Å². The van der Waals surface area contributed by atoms with Gasteiger partial charge in [0.15, 0.2) is 5.13 Å². The summed E-state index contributed by atoms with van der Waals surface area (Å²) in [4.78, 5) is 22.9. The third-order valence-corrected chi connectivity index (χ3v) is 4.52. The van der Waals surface area contributed by atoms with Gasteiger partial charge in [-0.25, -0.2) is 4.98 Å². The molecule has 7 heteroatoms. The van der Waals surface area contributed by atoms with Gasteiger partial charge in [0, 0.05) is 36.1 Å². The van der Waals surface area contributed by atoms with Crippen molar-refractivity contribution in [1.82, 2.24) is 15.3 Å². The van der Waals surface area contributed by atoms with Crippen molar-refractivity contribution in [2.24, 2.45) is 0 Å². The van der Waals surface area contributed by atoms with Gasteiger partial charge in [0.2, 0.25) is 0 Å². The van der Waals surface area contributed by atoms with E-state index >= 15 is 0 Å². The number of rotatable bonds is 6. The third-order valence-electron chi connectivity index (χ3n) is 3.77. The number of nitrogens with one attached hydrogen (secondary N) is 1. The van der Waals surface area contributed by atoms with E-state index in [0.717, 1.165) is 22.1 Å². The fourth-order valence-corrected chi connectivity index (χ4v) is 3.17. The van der Waals surface area contributed by atoms with Crippen molar-refractivity contribution in [2.75, 3.05) is 11.4 Å². The molecule has 3 rings (SSSR count). The summed E-state index contributed by atoms with van der Waals surface area (Å²) in [7, 11) is 0. The van der Waals surface area contributed by atoms with Gasteiger partial charge in [-0.2, -0.15) is 5.26 Å². The van der Waals surface area contributed by atoms with Crippen LogP contribution in [0.15, 0.2) is 54.3 Å². The molecular weight excluding hydrogens is 346 g/mol. The molecule has 0 aliphatic heterocycles. The highest BCUT2D eigenvalue weighted by Gasteiger charge is 2.18. The first kappa shape index (κ1) is 17.6.